The van der Waals surface area contributed by atoms with Gasteiger partial charge in [0.25, 0.3) is 0 Å². The Morgan fingerprint density at radius 3 is 2.45 bits per heavy atom. The zero-order chi connectivity index (χ0) is 20.1. The number of amides is 1. The van der Waals surface area contributed by atoms with Crippen LogP contribution in [0.2, 0.25) is 0 Å². The van der Waals surface area contributed by atoms with Crippen LogP contribution in [-0.4, -0.2) is 53.5 Å². The number of nitrogens with one attached hydrogen (secondary N) is 1. The van der Waals surface area contributed by atoms with Gasteiger partial charge in [-0.25, -0.2) is 14.4 Å². The number of halogens is 1. The average Bonchev–Trinajstić information content (AvgIpc) is 3.30. The number of carbonyl (C=O) groups is 1. The van der Waals surface area contributed by atoms with Gasteiger partial charge in [-0.3, -0.25) is 10.1 Å². The highest BCUT2D eigenvalue weighted by atomic mass is 32.1. The number of carbonyl (C=O) groups excluding carboxylic acids is 1. The first-order valence-corrected chi connectivity index (χ1v) is 10.4. The topological polar surface area (TPSA) is 61.4 Å². The summed E-state index contributed by atoms with van der Waals surface area (Å²) in [5.74, 6) is 0.490. The maximum absolute atomic E-state index is 13.3. The first-order chi connectivity index (χ1) is 14.2. The van der Waals surface area contributed by atoms with Gasteiger partial charge in [0.2, 0.25) is 11.9 Å². The molecular formula is C21H22FN5OS. The lowest BCUT2D eigenvalue weighted by atomic mass is 10.1. The van der Waals surface area contributed by atoms with Gasteiger partial charge >= 0.3 is 0 Å². The van der Waals surface area contributed by atoms with Gasteiger partial charge < -0.3 is 9.80 Å². The summed E-state index contributed by atoms with van der Waals surface area (Å²) in [5, 5.41) is 5.36. The molecule has 0 aliphatic carbocycles. The van der Waals surface area contributed by atoms with Crippen molar-refractivity contribution in [2.75, 3.05) is 37.6 Å². The fraction of sp³-hybridized carbons (Fsp3) is 0.286. The van der Waals surface area contributed by atoms with E-state index in [1.165, 1.54) is 12.1 Å². The number of benzene rings is 1. The highest BCUT2D eigenvalue weighted by Gasteiger charge is 2.23. The van der Waals surface area contributed by atoms with Crippen LogP contribution in [0.4, 0.5) is 10.3 Å². The van der Waals surface area contributed by atoms with E-state index in [0.717, 1.165) is 10.4 Å². The van der Waals surface area contributed by atoms with E-state index in [-0.39, 0.29) is 24.3 Å². The Morgan fingerprint density at radius 2 is 1.79 bits per heavy atom. The average molecular weight is 412 g/mol. The van der Waals surface area contributed by atoms with Crippen molar-refractivity contribution in [2.45, 2.75) is 6.04 Å². The predicted molar refractivity (Wildman–Crippen MR) is 111 cm³/mol. The number of hydrogen-bond acceptors (Lipinski definition) is 6. The second-order valence-electron chi connectivity index (χ2n) is 6.80. The van der Waals surface area contributed by atoms with Crippen LogP contribution in [0.15, 0.2) is 60.2 Å². The van der Waals surface area contributed by atoms with Crippen LogP contribution < -0.4 is 10.2 Å². The molecule has 0 saturated carbocycles. The SMILES string of the molecule is O=C(CNC(c1ccc(F)cc1)c1cccs1)N1CCN(c2ncccn2)CC1. The highest BCUT2D eigenvalue weighted by molar-refractivity contribution is 7.10. The van der Waals surface area contributed by atoms with Crippen molar-refractivity contribution in [1.82, 2.24) is 20.2 Å². The molecule has 0 bridgehead atoms. The minimum absolute atomic E-state index is 0.0577. The highest BCUT2D eigenvalue weighted by Crippen LogP contribution is 2.26. The fourth-order valence-corrected chi connectivity index (χ4v) is 4.23. The Balaban J connectivity index is 1.36. The molecule has 3 heterocycles. The smallest absolute Gasteiger partial charge is 0.236 e. The molecular weight excluding hydrogens is 389 g/mol. The number of piperazine rings is 1. The molecule has 1 aliphatic rings. The minimum Gasteiger partial charge on any atom is -0.338 e. The second kappa shape index (κ2) is 9.11. The molecule has 29 heavy (non-hydrogen) atoms. The molecule has 1 unspecified atom stereocenters. The van der Waals surface area contributed by atoms with Gasteiger partial charge in [0.15, 0.2) is 0 Å². The van der Waals surface area contributed by atoms with E-state index in [4.69, 9.17) is 0 Å². The van der Waals surface area contributed by atoms with Crippen LogP contribution in [0, 0.1) is 5.82 Å². The van der Waals surface area contributed by atoms with Crippen LogP contribution >= 0.6 is 11.3 Å². The van der Waals surface area contributed by atoms with Gasteiger partial charge in [-0.15, -0.1) is 11.3 Å². The zero-order valence-corrected chi connectivity index (χ0v) is 16.7. The molecule has 4 rings (SSSR count). The summed E-state index contributed by atoms with van der Waals surface area (Å²) in [7, 11) is 0. The van der Waals surface area contributed by atoms with Gasteiger partial charge in [-0.05, 0) is 35.2 Å². The zero-order valence-electron chi connectivity index (χ0n) is 15.9. The molecule has 6 nitrogen and oxygen atoms in total. The largest absolute Gasteiger partial charge is 0.338 e. The molecule has 1 fully saturated rings. The normalized spacial score (nSPS) is 15.3. The molecule has 3 aromatic rings. The van der Waals surface area contributed by atoms with Crippen LogP contribution in [0.1, 0.15) is 16.5 Å². The molecule has 1 saturated heterocycles. The molecule has 150 valence electrons. The number of hydrogen-bond donors (Lipinski definition) is 1. The Kier molecular flexibility index (Phi) is 6.12. The van der Waals surface area contributed by atoms with Gasteiger partial charge in [-0.2, -0.15) is 0 Å². The lowest BCUT2D eigenvalue weighted by Crippen LogP contribution is -2.51. The number of nitrogens with zero attached hydrogens (tertiary/aromatic N) is 4. The summed E-state index contributed by atoms with van der Waals surface area (Å²) in [5.41, 5.74) is 0.938. The Morgan fingerprint density at radius 1 is 1.07 bits per heavy atom. The lowest BCUT2D eigenvalue weighted by molar-refractivity contribution is -0.130. The third-order valence-corrected chi connectivity index (χ3v) is 5.89. The van der Waals surface area contributed by atoms with E-state index in [1.54, 1.807) is 41.9 Å². The van der Waals surface area contributed by atoms with Crippen LogP contribution in [-0.2, 0) is 4.79 Å². The maximum Gasteiger partial charge on any atom is 0.236 e. The minimum atomic E-state index is -0.268. The van der Waals surface area contributed by atoms with Crippen LogP contribution in [0.25, 0.3) is 0 Å². The van der Waals surface area contributed by atoms with Crippen molar-refractivity contribution in [3.63, 3.8) is 0 Å². The first kappa shape index (κ1) is 19.5. The van der Waals surface area contributed by atoms with Gasteiger partial charge in [0.1, 0.15) is 5.82 Å². The summed E-state index contributed by atoms with van der Waals surface area (Å²) in [6.07, 6.45) is 3.45. The molecule has 1 atom stereocenters. The fourth-order valence-electron chi connectivity index (χ4n) is 3.41. The number of anilines is 1. The van der Waals surface area contributed by atoms with Crippen LogP contribution in [0.3, 0.4) is 0 Å². The van der Waals surface area contributed by atoms with Crippen molar-refractivity contribution in [3.05, 3.63) is 76.5 Å². The summed E-state index contributed by atoms with van der Waals surface area (Å²) >= 11 is 1.61. The Labute approximate surface area is 173 Å². The van der Waals surface area contributed by atoms with Crippen molar-refractivity contribution in [2.24, 2.45) is 0 Å². The molecule has 8 heteroatoms. The summed E-state index contributed by atoms with van der Waals surface area (Å²) in [4.78, 5) is 26.3. The van der Waals surface area contributed by atoms with Crippen LogP contribution in [0.5, 0.6) is 0 Å². The third kappa shape index (κ3) is 4.78. The van der Waals surface area contributed by atoms with Gasteiger partial charge in [-0.1, -0.05) is 18.2 Å². The Bertz CT molecular complexity index is 912. The van der Waals surface area contributed by atoms with Crippen molar-refractivity contribution in [1.29, 1.82) is 0 Å². The Hall–Kier alpha value is -2.84. The molecule has 2 aromatic heterocycles. The number of thiophene rings is 1. The second-order valence-corrected chi connectivity index (χ2v) is 7.78. The lowest BCUT2D eigenvalue weighted by Gasteiger charge is -2.35. The monoisotopic (exact) mass is 411 g/mol. The number of rotatable bonds is 6. The summed E-state index contributed by atoms with van der Waals surface area (Å²) in [6.45, 7) is 2.92. The van der Waals surface area contributed by atoms with Crippen molar-refractivity contribution < 1.29 is 9.18 Å². The molecule has 1 aliphatic heterocycles. The molecule has 1 amide bonds. The first-order valence-electron chi connectivity index (χ1n) is 9.53. The van der Waals surface area contributed by atoms with Crippen molar-refractivity contribution in [3.8, 4) is 0 Å². The van der Waals surface area contributed by atoms with Gasteiger partial charge in [0.05, 0.1) is 12.6 Å². The van der Waals surface area contributed by atoms with E-state index in [1.807, 2.05) is 22.4 Å². The number of aromatic nitrogens is 2. The molecule has 0 radical (unpaired) electrons. The van der Waals surface area contributed by atoms with E-state index >= 15 is 0 Å². The molecule has 1 N–H and O–H groups in total. The third-order valence-electron chi connectivity index (χ3n) is 4.96. The maximum atomic E-state index is 13.3. The predicted octanol–water partition coefficient (Wildman–Crippen LogP) is 2.71. The van der Waals surface area contributed by atoms with E-state index in [9.17, 15) is 9.18 Å². The summed E-state index contributed by atoms with van der Waals surface area (Å²) < 4.78 is 13.3. The van der Waals surface area contributed by atoms with E-state index in [2.05, 4.69) is 20.2 Å². The quantitative estimate of drug-likeness (QED) is 0.676. The molecule has 0 spiro atoms. The molecule has 1 aromatic carbocycles. The van der Waals surface area contributed by atoms with Crippen molar-refractivity contribution >= 4 is 23.2 Å². The van der Waals surface area contributed by atoms with Gasteiger partial charge in [0, 0.05) is 43.4 Å². The summed E-state index contributed by atoms with van der Waals surface area (Å²) in [6, 6.07) is 12.1. The van der Waals surface area contributed by atoms with E-state index in [0.29, 0.717) is 32.1 Å². The standard InChI is InChI=1S/C21H22FN5OS/c22-17-6-4-16(5-7-17)20(18-3-1-14-29-18)25-15-19(28)26-10-12-27(13-11-26)21-23-8-2-9-24-21/h1-9,14,20,25H,10-13,15H2. The van der Waals surface area contributed by atoms with E-state index < -0.39 is 0 Å².